The third-order valence-electron chi connectivity index (χ3n) is 2.75. The van der Waals surface area contributed by atoms with Crippen molar-refractivity contribution < 1.29 is 18.0 Å². The van der Waals surface area contributed by atoms with E-state index in [2.05, 4.69) is 0 Å². The first-order valence-electron chi connectivity index (χ1n) is 4.85. The molecule has 1 saturated heterocycles. The molecule has 0 aromatic rings. The highest BCUT2D eigenvalue weighted by molar-refractivity contribution is 5.81. The lowest BCUT2D eigenvalue weighted by Crippen LogP contribution is -2.44. The molecule has 0 aliphatic carbocycles. The van der Waals surface area contributed by atoms with Gasteiger partial charge in [-0.1, -0.05) is 0 Å². The van der Waals surface area contributed by atoms with Crippen molar-refractivity contribution in [2.45, 2.75) is 25.1 Å². The van der Waals surface area contributed by atoms with E-state index in [0.29, 0.717) is 0 Å². The Morgan fingerprint density at radius 3 is 2.53 bits per heavy atom. The monoisotopic (exact) mass is 224 g/mol. The Balaban J connectivity index is 2.48. The first-order valence-corrected chi connectivity index (χ1v) is 4.85. The van der Waals surface area contributed by atoms with Gasteiger partial charge < -0.3 is 9.80 Å². The second-order valence-corrected chi connectivity index (χ2v) is 3.96. The zero-order chi connectivity index (χ0) is 11.6. The van der Waals surface area contributed by atoms with Crippen molar-refractivity contribution in [3.63, 3.8) is 0 Å². The van der Waals surface area contributed by atoms with E-state index in [0.717, 1.165) is 24.3 Å². The minimum atomic E-state index is -4.76. The third-order valence-corrected chi connectivity index (χ3v) is 2.75. The smallest absolute Gasteiger partial charge is 0.336 e. The van der Waals surface area contributed by atoms with E-state index in [-0.39, 0.29) is 12.6 Å². The molecule has 0 spiro atoms. The van der Waals surface area contributed by atoms with Crippen LogP contribution in [0.4, 0.5) is 13.2 Å². The van der Waals surface area contributed by atoms with Crippen LogP contribution >= 0.6 is 0 Å². The van der Waals surface area contributed by atoms with Crippen LogP contribution in [0.15, 0.2) is 0 Å². The van der Waals surface area contributed by atoms with E-state index in [4.69, 9.17) is 0 Å². The van der Waals surface area contributed by atoms with Gasteiger partial charge in [-0.15, -0.1) is 0 Å². The molecule has 0 N–H and O–H groups in total. The zero-order valence-corrected chi connectivity index (χ0v) is 8.84. The van der Waals surface area contributed by atoms with Crippen LogP contribution in [0.2, 0.25) is 0 Å². The molecule has 1 unspecified atom stereocenters. The molecule has 0 radical (unpaired) electrons. The molecule has 1 rings (SSSR count). The number of nitrogens with zero attached hydrogens (tertiary/aromatic N) is 2. The molecule has 0 saturated carbocycles. The van der Waals surface area contributed by atoms with Crippen LogP contribution in [0.25, 0.3) is 0 Å². The van der Waals surface area contributed by atoms with Crippen molar-refractivity contribution in [2.24, 2.45) is 0 Å². The van der Waals surface area contributed by atoms with Crippen molar-refractivity contribution in [1.29, 1.82) is 0 Å². The summed E-state index contributed by atoms with van der Waals surface area (Å²) in [4.78, 5) is 13.6. The van der Waals surface area contributed by atoms with Crippen molar-refractivity contribution in [3.8, 4) is 0 Å². The Morgan fingerprint density at radius 1 is 1.53 bits per heavy atom. The van der Waals surface area contributed by atoms with E-state index in [1.807, 2.05) is 11.9 Å². The largest absolute Gasteiger partial charge is 0.471 e. The fourth-order valence-electron chi connectivity index (χ4n) is 1.83. The standard InChI is InChI=1S/C9H15F3N2O/c1-13-5-3-4-7(13)6-14(2)8(15)9(10,11)12/h7H,3-6H2,1-2H3. The molecule has 1 aliphatic rings. The van der Waals surface area contributed by atoms with E-state index >= 15 is 0 Å². The summed E-state index contributed by atoms with van der Waals surface area (Å²) in [5.41, 5.74) is 0. The topological polar surface area (TPSA) is 23.6 Å². The molecular formula is C9H15F3N2O. The van der Waals surface area contributed by atoms with E-state index in [9.17, 15) is 18.0 Å². The molecule has 6 heteroatoms. The quantitative estimate of drug-likeness (QED) is 0.701. The van der Waals surface area contributed by atoms with E-state index in [1.54, 1.807) is 0 Å². The summed E-state index contributed by atoms with van der Waals surface area (Å²) in [7, 11) is 3.06. The molecule has 15 heavy (non-hydrogen) atoms. The summed E-state index contributed by atoms with van der Waals surface area (Å²) < 4.78 is 36.2. The molecule has 3 nitrogen and oxygen atoms in total. The number of likely N-dealkylation sites (N-methyl/N-ethyl adjacent to an activating group) is 2. The summed E-state index contributed by atoms with van der Waals surface area (Å²) in [6.07, 6.45) is -2.92. The number of amides is 1. The maximum atomic E-state index is 12.1. The number of carbonyl (C=O) groups is 1. The van der Waals surface area contributed by atoms with Crippen molar-refractivity contribution in [1.82, 2.24) is 9.80 Å². The Morgan fingerprint density at radius 2 is 2.13 bits per heavy atom. The van der Waals surface area contributed by atoms with Crippen molar-refractivity contribution in [2.75, 3.05) is 27.2 Å². The highest BCUT2D eigenvalue weighted by Crippen LogP contribution is 2.20. The second-order valence-electron chi connectivity index (χ2n) is 3.96. The molecule has 1 heterocycles. The number of hydrogen-bond donors (Lipinski definition) is 0. The molecule has 1 aliphatic heterocycles. The molecule has 1 fully saturated rings. The number of carbonyl (C=O) groups excluding carboxylic acids is 1. The average molecular weight is 224 g/mol. The fraction of sp³-hybridized carbons (Fsp3) is 0.889. The van der Waals surface area contributed by atoms with Gasteiger partial charge in [0.15, 0.2) is 0 Å². The van der Waals surface area contributed by atoms with Gasteiger partial charge in [0.1, 0.15) is 0 Å². The molecular weight excluding hydrogens is 209 g/mol. The van der Waals surface area contributed by atoms with E-state index in [1.165, 1.54) is 7.05 Å². The average Bonchev–Trinajstić information content (AvgIpc) is 2.49. The summed E-state index contributed by atoms with van der Waals surface area (Å²) in [5.74, 6) is -1.76. The normalized spacial score (nSPS) is 23.1. The Bertz CT molecular complexity index is 242. The Kier molecular flexibility index (Phi) is 3.59. The second kappa shape index (κ2) is 4.38. The number of alkyl halides is 3. The molecule has 0 aromatic heterocycles. The Hall–Kier alpha value is -0.780. The number of hydrogen-bond acceptors (Lipinski definition) is 2. The lowest BCUT2D eigenvalue weighted by molar-refractivity contribution is -0.184. The summed E-state index contributed by atoms with van der Waals surface area (Å²) in [5, 5.41) is 0. The fourth-order valence-corrected chi connectivity index (χ4v) is 1.83. The molecule has 1 amide bonds. The van der Waals surface area contributed by atoms with Crippen LogP contribution in [0, 0.1) is 0 Å². The van der Waals surface area contributed by atoms with Gasteiger partial charge in [0, 0.05) is 19.6 Å². The predicted octanol–water partition coefficient (Wildman–Crippen LogP) is 1.10. The van der Waals surface area contributed by atoms with Crippen molar-refractivity contribution in [3.05, 3.63) is 0 Å². The van der Waals surface area contributed by atoms with Crippen LogP contribution < -0.4 is 0 Å². The minimum absolute atomic E-state index is 0.0568. The van der Waals surface area contributed by atoms with Gasteiger partial charge in [-0.25, -0.2) is 0 Å². The van der Waals surface area contributed by atoms with Gasteiger partial charge in [-0.3, -0.25) is 4.79 Å². The van der Waals surface area contributed by atoms with Gasteiger partial charge in [-0.05, 0) is 26.4 Å². The Labute approximate surface area is 86.8 Å². The molecule has 0 bridgehead atoms. The van der Waals surface area contributed by atoms with Gasteiger partial charge in [0.25, 0.3) is 0 Å². The number of likely N-dealkylation sites (tertiary alicyclic amines) is 1. The van der Waals surface area contributed by atoms with Crippen LogP contribution in [-0.2, 0) is 4.79 Å². The first-order chi connectivity index (χ1) is 6.82. The maximum Gasteiger partial charge on any atom is 0.471 e. The van der Waals surface area contributed by atoms with E-state index < -0.39 is 12.1 Å². The number of rotatable bonds is 2. The highest BCUT2D eigenvalue weighted by atomic mass is 19.4. The summed E-state index contributed by atoms with van der Waals surface area (Å²) >= 11 is 0. The van der Waals surface area contributed by atoms with Crippen LogP contribution in [-0.4, -0.2) is 55.1 Å². The lowest BCUT2D eigenvalue weighted by Gasteiger charge is -2.26. The van der Waals surface area contributed by atoms with Crippen LogP contribution in [0.5, 0.6) is 0 Å². The maximum absolute atomic E-state index is 12.1. The van der Waals surface area contributed by atoms with Crippen LogP contribution in [0.1, 0.15) is 12.8 Å². The minimum Gasteiger partial charge on any atom is -0.336 e. The number of halogens is 3. The summed E-state index contributed by atoms with van der Waals surface area (Å²) in [6, 6.07) is 0.0568. The first kappa shape index (κ1) is 12.3. The van der Waals surface area contributed by atoms with Gasteiger partial charge in [-0.2, -0.15) is 13.2 Å². The SMILES string of the molecule is CN(CC1CCCN1C)C(=O)C(F)(F)F. The zero-order valence-electron chi connectivity index (χ0n) is 8.84. The van der Waals surface area contributed by atoms with Gasteiger partial charge in [0.05, 0.1) is 0 Å². The van der Waals surface area contributed by atoms with Gasteiger partial charge in [0.2, 0.25) is 0 Å². The summed E-state index contributed by atoms with van der Waals surface area (Å²) in [6.45, 7) is 1.04. The highest BCUT2D eigenvalue weighted by Gasteiger charge is 2.42. The lowest BCUT2D eigenvalue weighted by atomic mass is 10.2. The van der Waals surface area contributed by atoms with Gasteiger partial charge >= 0.3 is 12.1 Å². The molecule has 88 valence electrons. The third kappa shape index (κ3) is 3.09. The van der Waals surface area contributed by atoms with Crippen molar-refractivity contribution >= 4 is 5.91 Å². The molecule has 0 aromatic carbocycles. The van der Waals surface area contributed by atoms with Crippen LogP contribution in [0.3, 0.4) is 0 Å². The predicted molar refractivity (Wildman–Crippen MR) is 49.3 cm³/mol. The molecule has 1 atom stereocenters.